The summed E-state index contributed by atoms with van der Waals surface area (Å²) in [6, 6.07) is 2.85. The van der Waals surface area contributed by atoms with Crippen molar-refractivity contribution in [3.8, 4) is 11.5 Å². The van der Waals surface area contributed by atoms with Crippen molar-refractivity contribution in [2.45, 2.75) is 5.92 Å². The maximum atomic E-state index is 10.9. The molecule has 0 saturated heterocycles. The van der Waals surface area contributed by atoms with Gasteiger partial charge in [-0.1, -0.05) is 0 Å². The van der Waals surface area contributed by atoms with Gasteiger partial charge in [0.1, 0.15) is 11.5 Å². The molecule has 88 valence electrons. The van der Waals surface area contributed by atoms with Crippen LogP contribution in [0.1, 0.15) is 11.5 Å². The van der Waals surface area contributed by atoms with E-state index in [1.165, 1.54) is 19.2 Å². The second-order valence-corrected chi connectivity index (χ2v) is 4.03. The third-order valence-electron chi connectivity index (χ3n) is 2.21. The highest BCUT2D eigenvalue weighted by Crippen LogP contribution is 2.35. The van der Waals surface area contributed by atoms with Crippen LogP contribution in [0.15, 0.2) is 16.6 Å². The minimum Gasteiger partial charge on any atom is -0.508 e. The lowest BCUT2D eigenvalue weighted by molar-refractivity contribution is -0.138. The molecule has 0 bridgehead atoms. The minimum absolute atomic E-state index is 0.0896. The third-order valence-corrected chi connectivity index (χ3v) is 2.83. The topological polar surface area (TPSA) is 92.8 Å². The number of hydrogen-bond acceptors (Lipinski definition) is 4. The van der Waals surface area contributed by atoms with Crippen molar-refractivity contribution in [3.05, 3.63) is 22.2 Å². The highest BCUT2D eigenvalue weighted by molar-refractivity contribution is 9.10. The molecule has 0 amide bonds. The van der Waals surface area contributed by atoms with Gasteiger partial charge in [0.2, 0.25) is 0 Å². The lowest BCUT2D eigenvalue weighted by atomic mass is 9.98. The van der Waals surface area contributed by atoms with Crippen molar-refractivity contribution >= 4 is 21.9 Å². The van der Waals surface area contributed by atoms with Gasteiger partial charge in [-0.25, -0.2) is 0 Å². The van der Waals surface area contributed by atoms with Gasteiger partial charge in [-0.05, 0) is 28.1 Å². The van der Waals surface area contributed by atoms with Crippen LogP contribution < -0.4 is 10.5 Å². The molecule has 0 spiro atoms. The van der Waals surface area contributed by atoms with Gasteiger partial charge < -0.3 is 20.7 Å². The third kappa shape index (κ3) is 2.45. The number of ether oxygens (including phenoxy) is 1. The van der Waals surface area contributed by atoms with Crippen LogP contribution in [-0.2, 0) is 4.79 Å². The summed E-state index contributed by atoms with van der Waals surface area (Å²) in [7, 11) is 1.46. The average molecular weight is 290 g/mol. The molecule has 1 aromatic carbocycles. The smallest absolute Gasteiger partial charge is 0.312 e. The van der Waals surface area contributed by atoms with E-state index in [2.05, 4.69) is 15.9 Å². The molecule has 0 aliphatic rings. The second-order valence-electron chi connectivity index (χ2n) is 3.17. The Morgan fingerprint density at radius 2 is 2.25 bits per heavy atom. The van der Waals surface area contributed by atoms with Gasteiger partial charge in [-0.2, -0.15) is 0 Å². The maximum Gasteiger partial charge on any atom is 0.312 e. The Balaban J connectivity index is 3.26. The molecule has 5 nitrogen and oxygen atoms in total. The summed E-state index contributed by atoms with van der Waals surface area (Å²) < 4.78 is 5.58. The molecule has 0 heterocycles. The first-order valence-corrected chi connectivity index (χ1v) is 5.29. The van der Waals surface area contributed by atoms with E-state index in [4.69, 9.17) is 15.6 Å². The summed E-state index contributed by atoms with van der Waals surface area (Å²) in [4.78, 5) is 10.9. The Kier molecular flexibility index (Phi) is 4.14. The zero-order chi connectivity index (χ0) is 12.3. The Labute approximate surface area is 101 Å². The first kappa shape index (κ1) is 12.8. The van der Waals surface area contributed by atoms with Crippen LogP contribution in [0.3, 0.4) is 0 Å². The summed E-state index contributed by atoms with van der Waals surface area (Å²) in [5.74, 6) is -1.69. The molecule has 1 unspecified atom stereocenters. The quantitative estimate of drug-likeness (QED) is 0.777. The Morgan fingerprint density at radius 3 is 2.69 bits per heavy atom. The van der Waals surface area contributed by atoms with Gasteiger partial charge >= 0.3 is 5.97 Å². The van der Waals surface area contributed by atoms with Crippen LogP contribution in [0.2, 0.25) is 0 Å². The van der Waals surface area contributed by atoms with Crippen molar-refractivity contribution < 1.29 is 19.7 Å². The SMILES string of the molecule is COc1cc(C(CN)C(=O)O)c(O)cc1Br. The van der Waals surface area contributed by atoms with E-state index < -0.39 is 11.9 Å². The van der Waals surface area contributed by atoms with Crippen LogP contribution in [0.5, 0.6) is 11.5 Å². The average Bonchev–Trinajstić information content (AvgIpc) is 2.21. The normalized spacial score (nSPS) is 12.2. The van der Waals surface area contributed by atoms with Gasteiger partial charge in [0.25, 0.3) is 0 Å². The van der Waals surface area contributed by atoms with Gasteiger partial charge in [0, 0.05) is 12.1 Å². The van der Waals surface area contributed by atoms with Crippen molar-refractivity contribution in [2.75, 3.05) is 13.7 Å². The molecule has 16 heavy (non-hydrogen) atoms. The molecule has 0 aliphatic heterocycles. The highest BCUT2D eigenvalue weighted by atomic mass is 79.9. The van der Waals surface area contributed by atoms with Gasteiger partial charge in [-0.15, -0.1) is 0 Å². The number of benzene rings is 1. The zero-order valence-corrected chi connectivity index (χ0v) is 10.2. The summed E-state index contributed by atoms with van der Waals surface area (Å²) in [5, 5.41) is 18.6. The van der Waals surface area contributed by atoms with Crippen LogP contribution in [0, 0.1) is 0 Å². The van der Waals surface area contributed by atoms with E-state index in [0.717, 1.165) is 0 Å². The Hall–Kier alpha value is -1.27. The fourth-order valence-corrected chi connectivity index (χ4v) is 1.85. The van der Waals surface area contributed by atoms with Crippen LogP contribution >= 0.6 is 15.9 Å². The molecule has 1 aromatic rings. The predicted octanol–water partition coefficient (Wildman–Crippen LogP) is 1.29. The fraction of sp³-hybridized carbons (Fsp3) is 0.300. The van der Waals surface area contributed by atoms with E-state index in [9.17, 15) is 9.90 Å². The van der Waals surface area contributed by atoms with Gasteiger partial charge in [0.15, 0.2) is 0 Å². The highest BCUT2D eigenvalue weighted by Gasteiger charge is 2.23. The number of aliphatic carboxylic acids is 1. The van der Waals surface area contributed by atoms with Crippen molar-refractivity contribution in [2.24, 2.45) is 5.73 Å². The van der Waals surface area contributed by atoms with E-state index in [-0.39, 0.29) is 17.9 Å². The number of carboxylic acids is 1. The lowest BCUT2D eigenvalue weighted by Gasteiger charge is -2.14. The molecule has 0 radical (unpaired) electrons. The molecule has 1 rings (SSSR count). The summed E-state index contributed by atoms with van der Waals surface area (Å²) >= 11 is 3.19. The number of methoxy groups -OCH3 is 1. The monoisotopic (exact) mass is 289 g/mol. The number of aromatic hydroxyl groups is 1. The van der Waals surface area contributed by atoms with Gasteiger partial charge in [-0.3, -0.25) is 4.79 Å². The number of rotatable bonds is 4. The van der Waals surface area contributed by atoms with Gasteiger partial charge in [0.05, 0.1) is 17.5 Å². The number of halogens is 1. The molecule has 0 aliphatic carbocycles. The standard InChI is InChI=1S/C10H12BrNO4/c1-16-9-2-5(6(4-12)10(14)15)8(13)3-7(9)11/h2-3,6,13H,4,12H2,1H3,(H,14,15). The predicted molar refractivity (Wildman–Crippen MR) is 61.8 cm³/mol. The molecule has 1 atom stereocenters. The molecule has 6 heteroatoms. The molecule has 0 fully saturated rings. The van der Waals surface area contributed by atoms with Crippen molar-refractivity contribution in [1.29, 1.82) is 0 Å². The molecule has 0 aromatic heterocycles. The molecular weight excluding hydrogens is 278 g/mol. The first-order valence-electron chi connectivity index (χ1n) is 4.50. The van der Waals surface area contributed by atoms with E-state index >= 15 is 0 Å². The largest absolute Gasteiger partial charge is 0.508 e. The number of carbonyl (C=O) groups is 1. The molecular formula is C10H12BrNO4. The number of hydrogen-bond donors (Lipinski definition) is 3. The molecule has 0 saturated carbocycles. The summed E-state index contributed by atoms with van der Waals surface area (Å²) in [6.45, 7) is -0.0896. The number of phenolic OH excluding ortho intramolecular Hbond substituents is 1. The van der Waals surface area contributed by atoms with E-state index in [0.29, 0.717) is 10.2 Å². The zero-order valence-electron chi connectivity index (χ0n) is 8.61. The Morgan fingerprint density at radius 1 is 1.62 bits per heavy atom. The fourth-order valence-electron chi connectivity index (χ4n) is 1.35. The number of phenols is 1. The Bertz CT molecular complexity index is 408. The number of nitrogens with two attached hydrogens (primary N) is 1. The van der Waals surface area contributed by atoms with Crippen LogP contribution in [-0.4, -0.2) is 29.8 Å². The van der Waals surface area contributed by atoms with Crippen molar-refractivity contribution in [1.82, 2.24) is 0 Å². The summed E-state index contributed by atoms with van der Waals surface area (Å²) in [6.07, 6.45) is 0. The van der Waals surface area contributed by atoms with Crippen LogP contribution in [0.4, 0.5) is 0 Å². The van der Waals surface area contributed by atoms with E-state index in [1.54, 1.807) is 0 Å². The van der Waals surface area contributed by atoms with Crippen molar-refractivity contribution in [3.63, 3.8) is 0 Å². The second kappa shape index (κ2) is 5.18. The first-order chi connectivity index (χ1) is 7.51. The van der Waals surface area contributed by atoms with E-state index in [1.807, 2.05) is 0 Å². The molecule has 4 N–H and O–H groups in total. The number of carboxylic acid groups (broad SMARTS) is 1. The minimum atomic E-state index is -1.08. The maximum absolute atomic E-state index is 10.9. The summed E-state index contributed by atoms with van der Waals surface area (Å²) in [5.41, 5.74) is 5.61. The van der Waals surface area contributed by atoms with Crippen LogP contribution in [0.25, 0.3) is 0 Å². The lowest BCUT2D eigenvalue weighted by Crippen LogP contribution is -2.21.